The first-order chi connectivity index (χ1) is 8.74. The van der Waals surface area contributed by atoms with E-state index in [0.29, 0.717) is 19.5 Å². The topological polar surface area (TPSA) is 49.4 Å². The second kappa shape index (κ2) is 5.78. The zero-order valence-corrected chi connectivity index (χ0v) is 10.6. The predicted molar refractivity (Wildman–Crippen MR) is 69.1 cm³/mol. The molecule has 1 aromatic rings. The predicted octanol–water partition coefficient (Wildman–Crippen LogP) is 1.14. The van der Waals surface area contributed by atoms with Crippen LogP contribution in [0.25, 0.3) is 0 Å². The highest BCUT2D eigenvalue weighted by molar-refractivity contribution is 6.06. The van der Waals surface area contributed by atoms with Gasteiger partial charge in [-0.1, -0.05) is 37.3 Å². The van der Waals surface area contributed by atoms with E-state index in [4.69, 9.17) is 0 Å². The van der Waals surface area contributed by atoms with Crippen LogP contribution in [0.2, 0.25) is 0 Å². The molecule has 2 rings (SSSR count). The molecule has 1 fully saturated rings. The number of hydrogen-bond donors (Lipinski definition) is 1. The molecule has 0 radical (unpaired) electrons. The first-order valence-electron chi connectivity index (χ1n) is 6.34. The van der Waals surface area contributed by atoms with Crippen molar-refractivity contribution >= 4 is 11.8 Å². The molecule has 18 heavy (non-hydrogen) atoms. The van der Waals surface area contributed by atoms with Gasteiger partial charge in [-0.05, 0) is 12.1 Å². The van der Waals surface area contributed by atoms with Crippen LogP contribution in [0.3, 0.4) is 0 Å². The number of carbonyl (C=O) groups is 2. The van der Waals surface area contributed by atoms with Crippen molar-refractivity contribution in [1.82, 2.24) is 10.2 Å². The molecule has 1 aromatic carbocycles. The Bertz CT molecular complexity index is 431. The summed E-state index contributed by atoms with van der Waals surface area (Å²) in [6, 6.07) is 9.52. The first kappa shape index (κ1) is 12.8. The summed E-state index contributed by atoms with van der Waals surface area (Å²) in [5.74, 6) is -0.420. The van der Waals surface area contributed by atoms with Crippen LogP contribution >= 0.6 is 0 Å². The summed E-state index contributed by atoms with van der Waals surface area (Å²) in [5.41, 5.74) is 0.932. The van der Waals surface area contributed by atoms with Crippen molar-refractivity contribution < 1.29 is 9.59 Å². The fourth-order valence-corrected chi connectivity index (χ4v) is 2.23. The summed E-state index contributed by atoms with van der Waals surface area (Å²) in [6.45, 7) is 3.98. The summed E-state index contributed by atoms with van der Waals surface area (Å²) >= 11 is 0. The van der Waals surface area contributed by atoms with E-state index in [-0.39, 0.29) is 17.7 Å². The highest BCUT2D eigenvalue weighted by atomic mass is 16.2. The molecular formula is C14H18N2O2. The Balaban J connectivity index is 2.05. The number of nitrogens with one attached hydrogen (secondary N) is 1. The van der Waals surface area contributed by atoms with Gasteiger partial charge in [-0.25, -0.2) is 0 Å². The molecule has 2 amide bonds. The molecule has 1 heterocycles. The van der Waals surface area contributed by atoms with Gasteiger partial charge in [0, 0.05) is 19.5 Å². The van der Waals surface area contributed by atoms with Crippen LogP contribution in [0, 0.1) is 0 Å². The van der Waals surface area contributed by atoms with Crippen LogP contribution in [-0.4, -0.2) is 36.3 Å². The first-order valence-corrected chi connectivity index (χ1v) is 6.34. The van der Waals surface area contributed by atoms with E-state index in [9.17, 15) is 9.59 Å². The molecule has 1 saturated heterocycles. The monoisotopic (exact) mass is 246 g/mol. The minimum atomic E-state index is -0.291. The molecule has 4 heteroatoms. The molecule has 0 aliphatic carbocycles. The van der Waals surface area contributed by atoms with Crippen molar-refractivity contribution in [2.45, 2.75) is 19.3 Å². The molecule has 0 bridgehead atoms. The van der Waals surface area contributed by atoms with Gasteiger partial charge in [-0.15, -0.1) is 0 Å². The standard InChI is InChI=1S/C14H18N2O2/c1-2-15-8-9-16-13(17)10-12(14(16)18)11-6-4-3-5-7-11/h3-7,12,15H,2,8-10H2,1H3. The van der Waals surface area contributed by atoms with Gasteiger partial charge in [0.15, 0.2) is 0 Å². The number of likely N-dealkylation sites (N-methyl/N-ethyl adjacent to an activating group) is 1. The van der Waals surface area contributed by atoms with Gasteiger partial charge >= 0.3 is 0 Å². The summed E-state index contributed by atoms with van der Waals surface area (Å²) in [5, 5.41) is 3.12. The highest BCUT2D eigenvalue weighted by Gasteiger charge is 2.38. The molecule has 96 valence electrons. The maximum absolute atomic E-state index is 12.2. The van der Waals surface area contributed by atoms with Crippen LogP contribution < -0.4 is 5.32 Å². The Kier molecular flexibility index (Phi) is 4.10. The molecule has 1 aliphatic heterocycles. The lowest BCUT2D eigenvalue weighted by Crippen LogP contribution is -2.36. The Labute approximate surface area is 107 Å². The average molecular weight is 246 g/mol. The molecule has 1 aliphatic rings. The van der Waals surface area contributed by atoms with E-state index >= 15 is 0 Å². The summed E-state index contributed by atoms with van der Waals surface area (Å²) in [6.07, 6.45) is 0.301. The van der Waals surface area contributed by atoms with Crippen molar-refractivity contribution in [3.8, 4) is 0 Å². The van der Waals surface area contributed by atoms with Crippen molar-refractivity contribution in [1.29, 1.82) is 0 Å². The van der Waals surface area contributed by atoms with Crippen LogP contribution in [0.15, 0.2) is 30.3 Å². The van der Waals surface area contributed by atoms with Crippen molar-refractivity contribution in [2.24, 2.45) is 0 Å². The van der Waals surface area contributed by atoms with E-state index < -0.39 is 0 Å². The maximum atomic E-state index is 12.2. The largest absolute Gasteiger partial charge is 0.315 e. The summed E-state index contributed by atoms with van der Waals surface area (Å²) in [4.78, 5) is 25.4. The van der Waals surface area contributed by atoms with Gasteiger partial charge in [0.25, 0.3) is 0 Å². The van der Waals surface area contributed by atoms with Gasteiger partial charge in [0.2, 0.25) is 11.8 Å². The average Bonchev–Trinajstić information content (AvgIpc) is 2.68. The third-order valence-corrected chi connectivity index (χ3v) is 3.21. The SMILES string of the molecule is CCNCCN1C(=O)CC(c2ccccc2)C1=O. The van der Waals surface area contributed by atoms with Crippen LogP contribution in [0.5, 0.6) is 0 Å². The van der Waals surface area contributed by atoms with Gasteiger partial charge in [0.1, 0.15) is 0 Å². The van der Waals surface area contributed by atoms with Crippen molar-refractivity contribution in [2.75, 3.05) is 19.6 Å². The smallest absolute Gasteiger partial charge is 0.237 e. The van der Waals surface area contributed by atoms with Crippen LogP contribution in [-0.2, 0) is 9.59 Å². The summed E-state index contributed by atoms with van der Waals surface area (Å²) in [7, 11) is 0. The molecular weight excluding hydrogens is 228 g/mol. The van der Waals surface area contributed by atoms with Crippen molar-refractivity contribution in [3.05, 3.63) is 35.9 Å². The maximum Gasteiger partial charge on any atom is 0.237 e. The number of carbonyl (C=O) groups excluding carboxylic acids is 2. The normalized spacial score (nSPS) is 19.6. The number of nitrogens with zero attached hydrogens (tertiary/aromatic N) is 1. The number of hydrogen-bond acceptors (Lipinski definition) is 3. The summed E-state index contributed by atoms with van der Waals surface area (Å²) < 4.78 is 0. The molecule has 0 saturated carbocycles. The van der Waals surface area contributed by atoms with Crippen LogP contribution in [0.4, 0.5) is 0 Å². The third kappa shape index (κ3) is 2.59. The highest BCUT2D eigenvalue weighted by Crippen LogP contribution is 2.28. The second-order valence-electron chi connectivity index (χ2n) is 4.40. The van der Waals surface area contributed by atoms with E-state index in [2.05, 4.69) is 5.32 Å². The number of benzene rings is 1. The Morgan fingerprint density at radius 2 is 2.00 bits per heavy atom. The molecule has 1 unspecified atom stereocenters. The Morgan fingerprint density at radius 1 is 1.28 bits per heavy atom. The third-order valence-electron chi connectivity index (χ3n) is 3.21. The minimum absolute atomic E-state index is 0.0632. The van der Waals surface area contributed by atoms with Gasteiger partial charge in [0.05, 0.1) is 5.92 Å². The fourth-order valence-electron chi connectivity index (χ4n) is 2.23. The van der Waals surface area contributed by atoms with Crippen molar-refractivity contribution in [3.63, 3.8) is 0 Å². The molecule has 4 nitrogen and oxygen atoms in total. The van der Waals surface area contributed by atoms with Gasteiger partial charge in [-0.2, -0.15) is 0 Å². The van der Waals surface area contributed by atoms with E-state index in [1.54, 1.807) is 0 Å². The molecule has 0 spiro atoms. The number of imide groups is 1. The van der Waals surface area contributed by atoms with Crippen LogP contribution in [0.1, 0.15) is 24.8 Å². The molecule has 1 atom stereocenters. The number of amides is 2. The number of rotatable bonds is 5. The van der Waals surface area contributed by atoms with Gasteiger partial charge in [-0.3, -0.25) is 14.5 Å². The Morgan fingerprint density at radius 3 is 2.67 bits per heavy atom. The van der Waals surface area contributed by atoms with E-state index in [1.807, 2.05) is 37.3 Å². The number of likely N-dealkylation sites (tertiary alicyclic amines) is 1. The molecule has 1 N–H and O–H groups in total. The second-order valence-corrected chi connectivity index (χ2v) is 4.40. The minimum Gasteiger partial charge on any atom is -0.315 e. The Hall–Kier alpha value is -1.68. The fraction of sp³-hybridized carbons (Fsp3) is 0.429. The quantitative estimate of drug-likeness (QED) is 0.626. The van der Waals surface area contributed by atoms with E-state index in [0.717, 1.165) is 12.1 Å². The zero-order chi connectivity index (χ0) is 13.0. The molecule has 0 aromatic heterocycles. The van der Waals surface area contributed by atoms with Gasteiger partial charge < -0.3 is 5.32 Å². The lowest BCUT2D eigenvalue weighted by molar-refractivity contribution is -0.138. The lowest BCUT2D eigenvalue weighted by atomic mass is 9.98. The van der Waals surface area contributed by atoms with E-state index in [1.165, 1.54) is 4.90 Å². The zero-order valence-electron chi connectivity index (χ0n) is 10.6. The lowest BCUT2D eigenvalue weighted by Gasteiger charge is -2.15.